The lowest BCUT2D eigenvalue weighted by atomic mass is 10.1. The monoisotopic (exact) mass is 246 g/mol. The van der Waals surface area contributed by atoms with Gasteiger partial charge in [0.05, 0.1) is 0 Å². The van der Waals surface area contributed by atoms with Crippen LogP contribution in [0.2, 0.25) is 0 Å². The number of hydrogen-bond donors (Lipinski definition) is 1. The molecule has 1 saturated heterocycles. The van der Waals surface area contributed by atoms with Crippen molar-refractivity contribution in [1.82, 2.24) is 4.90 Å². The number of likely N-dealkylation sites (tertiary alicyclic amines) is 1. The summed E-state index contributed by atoms with van der Waals surface area (Å²) >= 11 is 0. The molecule has 98 valence electrons. The molecule has 2 rings (SSSR count). The lowest BCUT2D eigenvalue weighted by Crippen LogP contribution is -2.39. The van der Waals surface area contributed by atoms with Crippen molar-refractivity contribution < 1.29 is 4.79 Å². The molecule has 0 amide bonds. The molecule has 3 nitrogen and oxygen atoms in total. The van der Waals surface area contributed by atoms with Crippen LogP contribution in [-0.4, -0.2) is 36.9 Å². The number of Topliss-reactive ketones (excluding diaryl/α,β-unsaturated/α-hetero) is 1. The molecule has 0 bridgehead atoms. The molecular formula is C15H22N2O. The fraction of sp³-hybridized carbons (Fsp3) is 0.533. The number of ketones is 1. The van der Waals surface area contributed by atoms with Gasteiger partial charge in [0.15, 0.2) is 5.78 Å². The van der Waals surface area contributed by atoms with Crippen molar-refractivity contribution in [2.45, 2.75) is 32.2 Å². The van der Waals surface area contributed by atoms with Gasteiger partial charge in [-0.05, 0) is 50.7 Å². The molecule has 0 saturated carbocycles. The average Bonchev–Trinajstić information content (AvgIpc) is 2.39. The highest BCUT2D eigenvalue weighted by Gasteiger charge is 2.16. The fourth-order valence-corrected chi connectivity index (χ4v) is 2.48. The minimum absolute atomic E-state index is 0.207. The minimum Gasteiger partial charge on any atom is -0.381 e. The Morgan fingerprint density at radius 3 is 2.72 bits per heavy atom. The van der Waals surface area contributed by atoms with Crippen molar-refractivity contribution in [3.05, 3.63) is 29.8 Å². The number of carbonyl (C=O) groups is 1. The Labute approximate surface area is 109 Å². The van der Waals surface area contributed by atoms with Crippen LogP contribution in [0.25, 0.3) is 0 Å². The van der Waals surface area contributed by atoms with Crippen LogP contribution in [0.5, 0.6) is 0 Å². The summed E-state index contributed by atoms with van der Waals surface area (Å²) in [4.78, 5) is 13.9. The molecule has 18 heavy (non-hydrogen) atoms. The molecule has 0 aromatic heterocycles. The highest BCUT2D eigenvalue weighted by molar-refractivity contribution is 5.96. The zero-order valence-corrected chi connectivity index (χ0v) is 11.3. The maximum atomic E-state index is 11.5. The number of rotatable bonds is 4. The van der Waals surface area contributed by atoms with Crippen molar-refractivity contribution in [3.63, 3.8) is 0 Å². The van der Waals surface area contributed by atoms with Gasteiger partial charge in [0.25, 0.3) is 0 Å². The van der Waals surface area contributed by atoms with E-state index >= 15 is 0 Å². The molecule has 0 radical (unpaired) electrons. The predicted molar refractivity (Wildman–Crippen MR) is 75.2 cm³/mol. The van der Waals surface area contributed by atoms with Gasteiger partial charge in [-0.25, -0.2) is 0 Å². The van der Waals surface area contributed by atoms with Crippen LogP contribution in [0.4, 0.5) is 5.69 Å². The van der Waals surface area contributed by atoms with E-state index in [1.165, 1.54) is 19.4 Å². The van der Waals surface area contributed by atoms with Gasteiger partial charge in [-0.1, -0.05) is 6.92 Å². The van der Waals surface area contributed by atoms with E-state index in [9.17, 15) is 4.79 Å². The topological polar surface area (TPSA) is 32.3 Å². The van der Waals surface area contributed by atoms with E-state index in [-0.39, 0.29) is 5.78 Å². The van der Waals surface area contributed by atoms with Gasteiger partial charge in [0, 0.05) is 30.3 Å². The first-order chi connectivity index (χ1) is 8.69. The van der Waals surface area contributed by atoms with Gasteiger partial charge in [-0.3, -0.25) is 4.79 Å². The van der Waals surface area contributed by atoms with Gasteiger partial charge >= 0.3 is 0 Å². The van der Waals surface area contributed by atoms with Crippen molar-refractivity contribution in [2.24, 2.45) is 0 Å². The number of nitrogens with one attached hydrogen (secondary N) is 1. The van der Waals surface area contributed by atoms with Crippen molar-refractivity contribution in [3.8, 4) is 0 Å². The number of benzene rings is 1. The minimum atomic E-state index is 0.207. The first-order valence-electron chi connectivity index (χ1n) is 6.77. The summed E-state index contributed by atoms with van der Waals surface area (Å²) in [6.45, 7) is 4.18. The Morgan fingerprint density at radius 1 is 1.39 bits per heavy atom. The second kappa shape index (κ2) is 6.01. The third-order valence-electron chi connectivity index (χ3n) is 3.52. The highest BCUT2D eigenvalue weighted by atomic mass is 16.1. The standard InChI is InChI=1S/C15H22N2O/c1-3-15(18)12-6-8-13(9-7-12)16-14-5-4-10-17(2)11-14/h6-9,14,16H,3-5,10-11H2,1-2H3. The summed E-state index contributed by atoms with van der Waals surface area (Å²) < 4.78 is 0. The lowest BCUT2D eigenvalue weighted by Gasteiger charge is -2.30. The molecule has 1 atom stereocenters. The largest absolute Gasteiger partial charge is 0.381 e. The quantitative estimate of drug-likeness (QED) is 0.829. The maximum absolute atomic E-state index is 11.5. The third-order valence-corrected chi connectivity index (χ3v) is 3.52. The molecule has 1 unspecified atom stereocenters. The lowest BCUT2D eigenvalue weighted by molar-refractivity contribution is 0.0988. The van der Waals surface area contributed by atoms with E-state index in [0.29, 0.717) is 12.5 Å². The second-order valence-corrected chi connectivity index (χ2v) is 5.10. The predicted octanol–water partition coefficient (Wildman–Crippen LogP) is 2.79. The third kappa shape index (κ3) is 3.33. The number of hydrogen-bond acceptors (Lipinski definition) is 3. The van der Waals surface area contributed by atoms with E-state index in [1.54, 1.807) is 0 Å². The van der Waals surface area contributed by atoms with Gasteiger partial charge < -0.3 is 10.2 Å². The van der Waals surface area contributed by atoms with Crippen LogP contribution in [0.15, 0.2) is 24.3 Å². The number of anilines is 1. The molecule has 3 heteroatoms. The summed E-state index contributed by atoms with van der Waals surface area (Å²) in [7, 11) is 2.16. The van der Waals surface area contributed by atoms with Crippen LogP contribution in [0.3, 0.4) is 0 Å². The van der Waals surface area contributed by atoms with Gasteiger partial charge in [0.2, 0.25) is 0 Å². The van der Waals surface area contributed by atoms with Crippen molar-refractivity contribution in [1.29, 1.82) is 0 Å². The number of likely N-dealkylation sites (N-methyl/N-ethyl adjacent to an activating group) is 1. The molecule has 1 aromatic rings. The Bertz CT molecular complexity index is 399. The smallest absolute Gasteiger partial charge is 0.162 e. The van der Waals surface area contributed by atoms with Crippen LogP contribution in [0.1, 0.15) is 36.5 Å². The molecule has 1 fully saturated rings. The van der Waals surface area contributed by atoms with Crippen molar-refractivity contribution >= 4 is 11.5 Å². The van der Waals surface area contributed by atoms with Gasteiger partial charge in [-0.15, -0.1) is 0 Å². The highest BCUT2D eigenvalue weighted by Crippen LogP contribution is 2.16. The number of carbonyl (C=O) groups excluding carboxylic acids is 1. The molecule has 1 heterocycles. The number of nitrogens with zero attached hydrogens (tertiary/aromatic N) is 1. The summed E-state index contributed by atoms with van der Waals surface area (Å²) in [6.07, 6.45) is 3.04. The molecule has 0 spiro atoms. The van der Waals surface area contributed by atoms with Gasteiger partial charge in [0.1, 0.15) is 0 Å². The average molecular weight is 246 g/mol. The van der Waals surface area contributed by atoms with Gasteiger partial charge in [-0.2, -0.15) is 0 Å². The molecule has 1 aliphatic heterocycles. The molecular weight excluding hydrogens is 224 g/mol. The summed E-state index contributed by atoms with van der Waals surface area (Å²) in [5.74, 6) is 0.207. The van der Waals surface area contributed by atoms with Crippen LogP contribution in [-0.2, 0) is 0 Å². The molecule has 1 aliphatic rings. The van der Waals surface area contributed by atoms with Crippen LogP contribution in [0, 0.1) is 0 Å². The van der Waals surface area contributed by atoms with Crippen LogP contribution >= 0.6 is 0 Å². The van der Waals surface area contributed by atoms with Crippen LogP contribution < -0.4 is 5.32 Å². The van der Waals surface area contributed by atoms with E-state index < -0.39 is 0 Å². The summed E-state index contributed by atoms with van der Waals surface area (Å²) in [6, 6.07) is 8.38. The molecule has 0 aliphatic carbocycles. The first-order valence-corrected chi connectivity index (χ1v) is 6.77. The van der Waals surface area contributed by atoms with E-state index in [1.807, 2.05) is 31.2 Å². The zero-order valence-electron chi connectivity index (χ0n) is 11.3. The molecule has 1 N–H and O–H groups in total. The Hall–Kier alpha value is -1.35. The molecule has 1 aromatic carbocycles. The SMILES string of the molecule is CCC(=O)c1ccc(NC2CCCN(C)C2)cc1. The Kier molecular flexibility index (Phi) is 4.37. The zero-order chi connectivity index (χ0) is 13.0. The Balaban J connectivity index is 1.95. The summed E-state index contributed by atoms with van der Waals surface area (Å²) in [5, 5.41) is 3.54. The number of piperidine rings is 1. The first kappa shape index (κ1) is 13.1. The van der Waals surface area contributed by atoms with E-state index in [0.717, 1.165) is 17.8 Å². The van der Waals surface area contributed by atoms with Crippen molar-refractivity contribution in [2.75, 3.05) is 25.5 Å². The van der Waals surface area contributed by atoms with E-state index in [2.05, 4.69) is 17.3 Å². The van der Waals surface area contributed by atoms with E-state index in [4.69, 9.17) is 0 Å². The normalized spacial score (nSPS) is 20.7. The Morgan fingerprint density at radius 2 is 2.11 bits per heavy atom. The summed E-state index contributed by atoms with van der Waals surface area (Å²) in [5.41, 5.74) is 1.92. The second-order valence-electron chi connectivity index (χ2n) is 5.10. The maximum Gasteiger partial charge on any atom is 0.162 e. The fourth-order valence-electron chi connectivity index (χ4n) is 2.48.